The molecule has 0 saturated heterocycles. The summed E-state index contributed by atoms with van der Waals surface area (Å²) >= 11 is 1.65. The maximum atomic E-state index is 5.63. The van der Waals surface area contributed by atoms with Crippen molar-refractivity contribution in [2.75, 3.05) is 6.61 Å². The fourth-order valence-corrected chi connectivity index (χ4v) is 1.98. The molecule has 2 aromatic heterocycles. The summed E-state index contributed by atoms with van der Waals surface area (Å²) in [6.45, 7) is 2.84. The van der Waals surface area contributed by atoms with Crippen LogP contribution in [0.3, 0.4) is 0 Å². The Hall–Kier alpha value is -1.42. The highest BCUT2D eigenvalue weighted by Crippen LogP contribution is 2.27. The molecule has 16 heavy (non-hydrogen) atoms. The summed E-state index contributed by atoms with van der Waals surface area (Å²) < 4.78 is 5.63. The van der Waals surface area contributed by atoms with E-state index in [-0.39, 0.29) is 0 Å². The minimum Gasteiger partial charge on any atom is -0.476 e. The molecule has 0 atom stereocenters. The molecule has 0 N–H and O–H groups in total. The van der Waals surface area contributed by atoms with Gasteiger partial charge in [0.05, 0.1) is 6.61 Å². The third-order valence-electron chi connectivity index (χ3n) is 2.20. The Balaban J connectivity index is 2.18. The zero-order valence-corrected chi connectivity index (χ0v) is 10.0. The first-order valence-electron chi connectivity index (χ1n) is 5.38. The van der Waals surface area contributed by atoms with Crippen LogP contribution in [-0.2, 0) is 0 Å². The summed E-state index contributed by atoms with van der Waals surface area (Å²) in [5.41, 5.74) is 1.91. The van der Waals surface area contributed by atoms with Gasteiger partial charge in [0.15, 0.2) is 0 Å². The second-order valence-electron chi connectivity index (χ2n) is 3.42. The van der Waals surface area contributed by atoms with Crippen molar-refractivity contribution in [3.05, 3.63) is 29.2 Å². The maximum absolute atomic E-state index is 5.63. The molecule has 2 heterocycles. The fourth-order valence-electron chi connectivity index (χ4n) is 1.34. The fraction of sp³-hybridized carbons (Fsp3) is 0.333. The van der Waals surface area contributed by atoms with E-state index in [0.717, 1.165) is 24.1 Å². The van der Waals surface area contributed by atoms with Crippen molar-refractivity contribution in [3.63, 3.8) is 0 Å². The molecule has 4 heteroatoms. The van der Waals surface area contributed by atoms with Gasteiger partial charge in [-0.15, -0.1) is 0 Å². The lowest BCUT2D eigenvalue weighted by atomic mass is 10.2. The molecule has 84 valence electrons. The van der Waals surface area contributed by atoms with Crippen molar-refractivity contribution in [1.29, 1.82) is 0 Å². The number of rotatable bonds is 5. The highest BCUT2D eigenvalue weighted by atomic mass is 32.1. The molecule has 0 aliphatic heterocycles. The zero-order chi connectivity index (χ0) is 11.2. The van der Waals surface area contributed by atoms with Crippen LogP contribution in [-0.4, -0.2) is 16.6 Å². The quantitative estimate of drug-likeness (QED) is 0.744. The van der Waals surface area contributed by atoms with Gasteiger partial charge in [-0.05, 0) is 17.9 Å². The predicted octanol–water partition coefficient (Wildman–Crippen LogP) is 3.38. The van der Waals surface area contributed by atoms with E-state index in [1.165, 1.54) is 0 Å². The molecule has 0 spiro atoms. The van der Waals surface area contributed by atoms with Gasteiger partial charge in [0.25, 0.3) is 0 Å². The molecule has 2 rings (SSSR count). The SMILES string of the molecule is CCCCOc1nccnc1-c1ccsc1. The summed E-state index contributed by atoms with van der Waals surface area (Å²) in [7, 11) is 0. The smallest absolute Gasteiger partial charge is 0.240 e. The number of unbranched alkanes of at least 4 members (excludes halogenated alkanes) is 1. The second-order valence-corrected chi connectivity index (χ2v) is 4.20. The van der Waals surface area contributed by atoms with Crippen LogP contribution in [0.5, 0.6) is 5.88 Å². The highest BCUT2D eigenvalue weighted by molar-refractivity contribution is 7.08. The highest BCUT2D eigenvalue weighted by Gasteiger charge is 2.08. The standard InChI is InChI=1S/C12H14N2OS/c1-2-3-7-15-12-11(13-5-6-14-12)10-4-8-16-9-10/h4-6,8-9H,2-3,7H2,1H3. The lowest BCUT2D eigenvalue weighted by Crippen LogP contribution is -2.01. The van der Waals surface area contributed by atoms with Gasteiger partial charge in [-0.3, -0.25) is 0 Å². The van der Waals surface area contributed by atoms with E-state index >= 15 is 0 Å². The monoisotopic (exact) mass is 234 g/mol. The number of aromatic nitrogens is 2. The lowest BCUT2D eigenvalue weighted by molar-refractivity contribution is 0.298. The Morgan fingerprint density at radius 2 is 2.19 bits per heavy atom. The third-order valence-corrected chi connectivity index (χ3v) is 2.88. The molecule has 0 saturated carbocycles. The van der Waals surface area contributed by atoms with Crippen LogP contribution in [0, 0.1) is 0 Å². The molecule has 0 aliphatic carbocycles. The van der Waals surface area contributed by atoms with Crippen LogP contribution in [0.4, 0.5) is 0 Å². The van der Waals surface area contributed by atoms with Crippen LogP contribution >= 0.6 is 11.3 Å². The van der Waals surface area contributed by atoms with Gasteiger partial charge in [0.1, 0.15) is 5.69 Å². The van der Waals surface area contributed by atoms with Gasteiger partial charge in [0, 0.05) is 23.3 Å². The van der Waals surface area contributed by atoms with Crippen molar-refractivity contribution in [1.82, 2.24) is 9.97 Å². The van der Waals surface area contributed by atoms with Gasteiger partial charge < -0.3 is 4.74 Å². The van der Waals surface area contributed by atoms with Crippen molar-refractivity contribution in [2.45, 2.75) is 19.8 Å². The number of hydrogen-bond donors (Lipinski definition) is 0. The summed E-state index contributed by atoms with van der Waals surface area (Å²) in [6.07, 6.45) is 5.52. The van der Waals surface area contributed by atoms with Gasteiger partial charge in [-0.2, -0.15) is 11.3 Å². The zero-order valence-electron chi connectivity index (χ0n) is 9.22. The Morgan fingerprint density at radius 3 is 2.94 bits per heavy atom. The van der Waals surface area contributed by atoms with Gasteiger partial charge in [-0.25, -0.2) is 9.97 Å². The molecular weight excluding hydrogens is 220 g/mol. The Labute approximate surface area is 99.1 Å². The van der Waals surface area contributed by atoms with Gasteiger partial charge in [0.2, 0.25) is 5.88 Å². The minimum atomic E-state index is 0.634. The van der Waals surface area contributed by atoms with E-state index in [0.29, 0.717) is 12.5 Å². The first-order valence-corrected chi connectivity index (χ1v) is 6.32. The van der Waals surface area contributed by atoms with E-state index < -0.39 is 0 Å². The summed E-state index contributed by atoms with van der Waals surface area (Å²) in [4.78, 5) is 8.55. The normalized spacial score (nSPS) is 10.3. The average Bonchev–Trinajstić information content (AvgIpc) is 2.83. The molecule has 0 fully saturated rings. The van der Waals surface area contributed by atoms with Crippen LogP contribution in [0.2, 0.25) is 0 Å². The van der Waals surface area contributed by atoms with E-state index in [4.69, 9.17) is 4.74 Å². The number of nitrogens with zero attached hydrogens (tertiary/aromatic N) is 2. The molecule has 2 aromatic rings. The summed E-state index contributed by atoms with van der Waals surface area (Å²) in [5.74, 6) is 0.634. The van der Waals surface area contributed by atoms with E-state index in [2.05, 4.69) is 22.3 Å². The molecule has 0 amide bonds. The largest absolute Gasteiger partial charge is 0.476 e. The van der Waals surface area contributed by atoms with Crippen LogP contribution in [0.1, 0.15) is 19.8 Å². The molecule has 0 aromatic carbocycles. The Kier molecular flexibility index (Phi) is 3.88. The number of thiophene rings is 1. The first kappa shape index (κ1) is 11.1. The average molecular weight is 234 g/mol. The van der Waals surface area contributed by atoms with Gasteiger partial charge in [-0.1, -0.05) is 13.3 Å². The molecule has 0 unspecified atom stereocenters. The van der Waals surface area contributed by atoms with Gasteiger partial charge >= 0.3 is 0 Å². The number of ether oxygens (including phenoxy) is 1. The second kappa shape index (κ2) is 5.61. The van der Waals surface area contributed by atoms with E-state index in [1.54, 1.807) is 23.7 Å². The lowest BCUT2D eigenvalue weighted by Gasteiger charge is -2.07. The topological polar surface area (TPSA) is 35.0 Å². The van der Waals surface area contributed by atoms with Crippen LogP contribution in [0.25, 0.3) is 11.3 Å². The third kappa shape index (κ3) is 2.58. The van der Waals surface area contributed by atoms with Crippen LogP contribution in [0.15, 0.2) is 29.2 Å². The molecule has 3 nitrogen and oxygen atoms in total. The maximum Gasteiger partial charge on any atom is 0.240 e. The van der Waals surface area contributed by atoms with Crippen molar-refractivity contribution in [2.24, 2.45) is 0 Å². The summed E-state index contributed by atoms with van der Waals surface area (Å²) in [5, 5.41) is 4.08. The molecular formula is C12H14N2OS. The molecule has 0 radical (unpaired) electrons. The van der Waals surface area contributed by atoms with Crippen molar-refractivity contribution >= 4 is 11.3 Å². The Morgan fingerprint density at radius 1 is 1.31 bits per heavy atom. The Bertz CT molecular complexity index is 428. The van der Waals surface area contributed by atoms with E-state index in [1.807, 2.05) is 11.4 Å². The van der Waals surface area contributed by atoms with Crippen molar-refractivity contribution < 1.29 is 4.74 Å². The first-order chi connectivity index (χ1) is 7.92. The van der Waals surface area contributed by atoms with Crippen LogP contribution < -0.4 is 4.74 Å². The van der Waals surface area contributed by atoms with E-state index in [9.17, 15) is 0 Å². The molecule has 0 bridgehead atoms. The minimum absolute atomic E-state index is 0.634. The summed E-state index contributed by atoms with van der Waals surface area (Å²) in [6, 6.07) is 2.03. The van der Waals surface area contributed by atoms with Crippen molar-refractivity contribution in [3.8, 4) is 17.1 Å². The number of hydrogen-bond acceptors (Lipinski definition) is 4. The molecule has 0 aliphatic rings. The predicted molar refractivity (Wildman–Crippen MR) is 65.7 cm³/mol.